The van der Waals surface area contributed by atoms with Crippen molar-refractivity contribution in [3.63, 3.8) is 0 Å². The van der Waals surface area contributed by atoms with Crippen molar-refractivity contribution in [1.29, 1.82) is 0 Å². The van der Waals surface area contributed by atoms with Crippen LogP contribution in [0.15, 0.2) is 64.8 Å². The predicted octanol–water partition coefficient (Wildman–Crippen LogP) is 4.96. The molecule has 34 heavy (non-hydrogen) atoms. The van der Waals surface area contributed by atoms with Gasteiger partial charge in [0, 0.05) is 29.9 Å². The van der Waals surface area contributed by atoms with Gasteiger partial charge in [0.25, 0.3) is 5.56 Å². The van der Waals surface area contributed by atoms with Crippen molar-refractivity contribution in [1.82, 2.24) is 9.55 Å². The first-order chi connectivity index (χ1) is 16.5. The summed E-state index contributed by atoms with van der Waals surface area (Å²) >= 11 is 7.33. The van der Waals surface area contributed by atoms with Crippen molar-refractivity contribution < 1.29 is 9.53 Å². The number of hydrogen-bond donors (Lipinski definition) is 1. The maximum atomic E-state index is 13.5. The highest BCUT2D eigenvalue weighted by molar-refractivity contribution is 7.17. The number of fused-ring (bicyclic) bond motifs is 1. The number of nitrogens with one attached hydrogen (secondary N) is 1. The summed E-state index contributed by atoms with van der Waals surface area (Å²) in [5, 5.41) is 5.47. The number of hydrogen-bond acceptors (Lipinski definition) is 6. The summed E-state index contributed by atoms with van der Waals surface area (Å²) in [5.41, 5.74) is 1.92. The van der Waals surface area contributed by atoms with Crippen LogP contribution in [0.2, 0.25) is 5.02 Å². The Morgan fingerprint density at radius 1 is 1.21 bits per heavy atom. The Kier molecular flexibility index (Phi) is 6.26. The number of ether oxygens (including phenoxy) is 1. The van der Waals surface area contributed by atoms with Crippen molar-refractivity contribution >= 4 is 50.7 Å². The van der Waals surface area contributed by atoms with E-state index in [9.17, 15) is 9.59 Å². The predicted molar refractivity (Wildman–Crippen MR) is 137 cm³/mol. The molecule has 1 aliphatic heterocycles. The van der Waals surface area contributed by atoms with Crippen LogP contribution in [0.1, 0.15) is 12.8 Å². The van der Waals surface area contributed by atoms with Crippen molar-refractivity contribution in [3.8, 4) is 11.4 Å². The Hall–Kier alpha value is -3.36. The minimum Gasteiger partial charge on any atom is -0.497 e. The van der Waals surface area contributed by atoms with E-state index in [1.165, 1.54) is 11.3 Å². The van der Waals surface area contributed by atoms with Crippen LogP contribution < -0.4 is 20.5 Å². The number of rotatable bonds is 5. The van der Waals surface area contributed by atoms with E-state index in [0.29, 0.717) is 51.4 Å². The van der Waals surface area contributed by atoms with Crippen LogP contribution in [-0.2, 0) is 4.79 Å². The number of carbonyl (C=O) groups excluding carboxylic acids is 1. The molecule has 2 aromatic heterocycles. The number of anilines is 2. The van der Waals surface area contributed by atoms with Crippen LogP contribution >= 0.6 is 22.9 Å². The van der Waals surface area contributed by atoms with Crippen LogP contribution in [0.25, 0.3) is 15.9 Å². The van der Waals surface area contributed by atoms with E-state index in [-0.39, 0.29) is 17.4 Å². The highest BCUT2D eigenvalue weighted by Crippen LogP contribution is 2.28. The van der Waals surface area contributed by atoms with Crippen molar-refractivity contribution in [2.45, 2.75) is 12.8 Å². The number of amides is 1. The minimum absolute atomic E-state index is 0.0566. The molecule has 1 aliphatic rings. The van der Waals surface area contributed by atoms with Gasteiger partial charge in [0.2, 0.25) is 11.9 Å². The fraction of sp³-hybridized carbons (Fsp3) is 0.240. The Bertz CT molecular complexity index is 1400. The number of nitrogens with zero attached hydrogens (tertiary/aromatic N) is 3. The maximum absolute atomic E-state index is 13.5. The quantitative estimate of drug-likeness (QED) is 0.424. The number of carbonyl (C=O) groups is 1. The normalized spacial score (nSPS) is 15.9. The third kappa shape index (κ3) is 4.38. The standard InChI is InChI=1S/C25H23ClN4O3S/c1-33-20-6-2-5-19(14-20)30-24(32)22-21(11-13-34-22)28-25(30)29-12-3-4-16(15-29)23(31)27-18-9-7-17(26)8-10-18/h2,5-11,13-14,16H,3-4,12,15H2,1H3,(H,27,31)/t16-/m1/s1. The topological polar surface area (TPSA) is 76.5 Å². The highest BCUT2D eigenvalue weighted by atomic mass is 35.5. The third-order valence-electron chi connectivity index (χ3n) is 5.96. The fourth-order valence-electron chi connectivity index (χ4n) is 4.25. The fourth-order valence-corrected chi connectivity index (χ4v) is 5.13. The Labute approximate surface area is 205 Å². The Morgan fingerprint density at radius 2 is 2.03 bits per heavy atom. The highest BCUT2D eigenvalue weighted by Gasteiger charge is 2.29. The summed E-state index contributed by atoms with van der Waals surface area (Å²) in [5.74, 6) is 0.894. The summed E-state index contributed by atoms with van der Waals surface area (Å²) in [6.07, 6.45) is 1.58. The van der Waals surface area contributed by atoms with Gasteiger partial charge in [0.1, 0.15) is 10.4 Å². The van der Waals surface area contributed by atoms with Gasteiger partial charge in [-0.15, -0.1) is 11.3 Å². The first kappa shape index (κ1) is 22.4. The van der Waals surface area contributed by atoms with E-state index in [1.807, 2.05) is 40.6 Å². The second kappa shape index (κ2) is 9.48. The number of piperidine rings is 1. The molecule has 1 fully saturated rings. The molecule has 1 atom stereocenters. The number of halogens is 1. The van der Waals surface area contributed by atoms with Gasteiger partial charge in [0.05, 0.1) is 24.2 Å². The molecule has 1 amide bonds. The van der Waals surface area contributed by atoms with Gasteiger partial charge in [-0.05, 0) is 60.7 Å². The Balaban J connectivity index is 1.50. The summed E-state index contributed by atoms with van der Waals surface area (Å²) in [6.45, 7) is 1.17. The molecule has 0 saturated carbocycles. The lowest BCUT2D eigenvalue weighted by atomic mass is 9.97. The van der Waals surface area contributed by atoms with Crippen LogP contribution in [0, 0.1) is 5.92 Å². The largest absolute Gasteiger partial charge is 0.497 e. The van der Waals surface area contributed by atoms with Gasteiger partial charge in [-0.3, -0.25) is 9.59 Å². The van der Waals surface area contributed by atoms with Gasteiger partial charge >= 0.3 is 0 Å². The number of aromatic nitrogens is 2. The molecule has 5 rings (SSSR count). The molecule has 1 N–H and O–H groups in total. The van der Waals surface area contributed by atoms with Gasteiger partial charge in [-0.2, -0.15) is 0 Å². The smallest absolute Gasteiger partial charge is 0.277 e. The molecular weight excluding hydrogens is 472 g/mol. The van der Waals surface area contributed by atoms with E-state index >= 15 is 0 Å². The average Bonchev–Trinajstić information content (AvgIpc) is 3.35. The lowest BCUT2D eigenvalue weighted by Gasteiger charge is -2.34. The van der Waals surface area contributed by atoms with E-state index < -0.39 is 0 Å². The third-order valence-corrected chi connectivity index (χ3v) is 7.10. The summed E-state index contributed by atoms with van der Waals surface area (Å²) in [6, 6.07) is 16.3. The van der Waals surface area contributed by atoms with Crippen LogP contribution in [0.5, 0.6) is 5.75 Å². The number of benzene rings is 2. The number of thiophene rings is 1. The molecular formula is C25H23ClN4O3S. The molecule has 0 radical (unpaired) electrons. The average molecular weight is 495 g/mol. The molecule has 2 aromatic carbocycles. The summed E-state index contributed by atoms with van der Waals surface area (Å²) in [7, 11) is 1.60. The van der Waals surface area contributed by atoms with Gasteiger partial charge < -0.3 is 15.0 Å². The molecule has 0 spiro atoms. The van der Waals surface area contributed by atoms with Crippen molar-refractivity contribution in [3.05, 3.63) is 75.4 Å². The summed E-state index contributed by atoms with van der Waals surface area (Å²) in [4.78, 5) is 33.4. The molecule has 3 heterocycles. The van der Waals surface area contributed by atoms with E-state index in [4.69, 9.17) is 21.3 Å². The molecule has 1 saturated heterocycles. The molecule has 4 aromatic rings. The molecule has 0 aliphatic carbocycles. The zero-order valence-corrected chi connectivity index (χ0v) is 20.1. The second-order valence-corrected chi connectivity index (χ2v) is 9.52. The molecule has 0 unspecified atom stereocenters. The lowest BCUT2D eigenvalue weighted by molar-refractivity contribution is -0.120. The lowest BCUT2D eigenvalue weighted by Crippen LogP contribution is -2.43. The molecule has 7 nitrogen and oxygen atoms in total. The first-order valence-corrected chi connectivity index (χ1v) is 12.3. The van der Waals surface area contributed by atoms with Gasteiger partial charge in [-0.1, -0.05) is 17.7 Å². The van der Waals surface area contributed by atoms with Gasteiger partial charge in [0.15, 0.2) is 0 Å². The van der Waals surface area contributed by atoms with Crippen LogP contribution in [0.3, 0.4) is 0 Å². The SMILES string of the molecule is COc1cccc(-n2c(N3CCC[C@@H](C(=O)Nc4ccc(Cl)cc4)C3)nc3ccsc3c2=O)c1. The van der Waals surface area contributed by atoms with Crippen molar-refractivity contribution in [2.75, 3.05) is 30.4 Å². The zero-order valence-electron chi connectivity index (χ0n) is 18.5. The minimum atomic E-state index is -0.238. The van der Waals surface area contributed by atoms with Crippen LogP contribution in [-0.4, -0.2) is 35.7 Å². The second-order valence-electron chi connectivity index (χ2n) is 8.17. The van der Waals surface area contributed by atoms with E-state index in [1.54, 1.807) is 35.9 Å². The van der Waals surface area contributed by atoms with Crippen LogP contribution in [0.4, 0.5) is 11.6 Å². The van der Waals surface area contributed by atoms with E-state index in [0.717, 1.165) is 12.8 Å². The zero-order chi connectivity index (χ0) is 23.7. The monoisotopic (exact) mass is 494 g/mol. The Morgan fingerprint density at radius 3 is 2.82 bits per heavy atom. The summed E-state index contributed by atoms with van der Waals surface area (Å²) < 4.78 is 7.60. The molecule has 0 bridgehead atoms. The maximum Gasteiger partial charge on any atom is 0.277 e. The first-order valence-electron chi connectivity index (χ1n) is 11.0. The van der Waals surface area contributed by atoms with E-state index in [2.05, 4.69) is 5.32 Å². The number of methoxy groups -OCH3 is 1. The van der Waals surface area contributed by atoms with Crippen molar-refractivity contribution in [2.24, 2.45) is 5.92 Å². The molecule has 9 heteroatoms. The van der Waals surface area contributed by atoms with Gasteiger partial charge in [-0.25, -0.2) is 9.55 Å². The molecule has 174 valence electrons.